The second-order valence-corrected chi connectivity index (χ2v) is 7.70. The zero-order valence-electron chi connectivity index (χ0n) is 15.9. The second-order valence-electron chi connectivity index (χ2n) is 7.70. The van der Waals surface area contributed by atoms with Crippen LogP contribution in [0.1, 0.15) is 57.1 Å². The van der Waals surface area contributed by atoms with Crippen molar-refractivity contribution in [1.82, 2.24) is 10.6 Å². The quantitative estimate of drug-likeness (QED) is 0.682. The van der Waals surface area contributed by atoms with Gasteiger partial charge in [-0.15, -0.1) is 0 Å². The number of hydrogen-bond donors (Lipinski definition) is 3. The minimum absolute atomic E-state index is 0.0644. The molecule has 0 spiro atoms. The molecule has 3 N–H and O–H groups in total. The SMILES string of the molecule is C[C@@H](NC(=O)C[C@H]1CC[C@H](NC(=O)C2CCC2)[C@H](CO)O1)c1ccccc1. The third-order valence-electron chi connectivity index (χ3n) is 5.69. The fourth-order valence-corrected chi connectivity index (χ4v) is 3.75. The molecule has 1 aliphatic carbocycles. The molecule has 0 bridgehead atoms. The Morgan fingerprint density at radius 2 is 1.93 bits per heavy atom. The number of carbonyl (C=O) groups is 2. The standard InChI is InChI=1S/C21H30N2O4/c1-14(15-6-3-2-4-7-15)22-20(25)12-17-10-11-18(19(13-24)27-17)23-21(26)16-8-5-9-16/h2-4,6-7,14,16-19,24H,5,8-13H2,1H3,(H,22,25)(H,23,26)/t14-,17-,18+,19+/m1/s1. The maximum absolute atomic E-state index is 12.4. The molecule has 2 amide bonds. The molecule has 2 aliphatic rings. The third-order valence-corrected chi connectivity index (χ3v) is 5.69. The molecule has 1 saturated carbocycles. The molecule has 6 heteroatoms. The number of amides is 2. The molecule has 4 atom stereocenters. The van der Waals surface area contributed by atoms with Crippen molar-refractivity contribution in [2.24, 2.45) is 5.92 Å². The molecular formula is C21H30N2O4. The summed E-state index contributed by atoms with van der Waals surface area (Å²) in [6.07, 6.45) is 4.00. The van der Waals surface area contributed by atoms with Gasteiger partial charge in [0.25, 0.3) is 0 Å². The van der Waals surface area contributed by atoms with Crippen LogP contribution in [0.4, 0.5) is 0 Å². The Balaban J connectivity index is 1.46. The van der Waals surface area contributed by atoms with Crippen LogP contribution in [0.15, 0.2) is 30.3 Å². The maximum Gasteiger partial charge on any atom is 0.223 e. The van der Waals surface area contributed by atoms with Gasteiger partial charge >= 0.3 is 0 Å². The maximum atomic E-state index is 12.4. The van der Waals surface area contributed by atoms with E-state index in [9.17, 15) is 14.7 Å². The van der Waals surface area contributed by atoms with E-state index in [4.69, 9.17) is 4.74 Å². The van der Waals surface area contributed by atoms with Crippen LogP contribution >= 0.6 is 0 Å². The van der Waals surface area contributed by atoms with E-state index in [1.807, 2.05) is 37.3 Å². The Bertz CT molecular complexity index is 632. The van der Waals surface area contributed by atoms with Crippen molar-refractivity contribution in [2.45, 2.75) is 69.7 Å². The molecule has 148 valence electrons. The summed E-state index contributed by atoms with van der Waals surface area (Å²) in [5, 5.41) is 15.7. The van der Waals surface area contributed by atoms with Crippen LogP contribution in [0.2, 0.25) is 0 Å². The molecule has 2 fully saturated rings. The van der Waals surface area contributed by atoms with Crippen molar-refractivity contribution in [1.29, 1.82) is 0 Å². The van der Waals surface area contributed by atoms with Crippen molar-refractivity contribution in [3.05, 3.63) is 35.9 Å². The summed E-state index contributed by atoms with van der Waals surface area (Å²) < 4.78 is 5.91. The minimum Gasteiger partial charge on any atom is -0.394 e. The van der Waals surface area contributed by atoms with E-state index >= 15 is 0 Å². The van der Waals surface area contributed by atoms with Gasteiger partial charge in [0.15, 0.2) is 0 Å². The van der Waals surface area contributed by atoms with Gasteiger partial charge < -0.3 is 20.5 Å². The smallest absolute Gasteiger partial charge is 0.223 e. The summed E-state index contributed by atoms with van der Waals surface area (Å²) in [5.74, 6) is 0.124. The van der Waals surface area contributed by atoms with E-state index in [-0.39, 0.29) is 48.9 Å². The van der Waals surface area contributed by atoms with Gasteiger partial charge in [-0.1, -0.05) is 36.8 Å². The van der Waals surface area contributed by atoms with Gasteiger partial charge in [0.05, 0.1) is 31.2 Å². The van der Waals surface area contributed by atoms with Crippen LogP contribution in [-0.4, -0.2) is 41.8 Å². The van der Waals surface area contributed by atoms with Gasteiger partial charge in [0.1, 0.15) is 6.10 Å². The van der Waals surface area contributed by atoms with E-state index < -0.39 is 6.10 Å². The van der Waals surface area contributed by atoms with Crippen LogP contribution < -0.4 is 10.6 Å². The largest absolute Gasteiger partial charge is 0.394 e. The highest BCUT2D eigenvalue weighted by Gasteiger charge is 2.35. The van der Waals surface area contributed by atoms with Gasteiger partial charge in [-0.3, -0.25) is 9.59 Å². The molecule has 6 nitrogen and oxygen atoms in total. The highest BCUT2D eigenvalue weighted by atomic mass is 16.5. The average Bonchev–Trinajstić information content (AvgIpc) is 2.62. The molecule has 1 heterocycles. The summed E-state index contributed by atoms with van der Waals surface area (Å²) in [4.78, 5) is 24.5. The molecule has 1 saturated heterocycles. The van der Waals surface area contributed by atoms with Crippen LogP contribution in [0.25, 0.3) is 0 Å². The molecule has 1 aromatic carbocycles. The van der Waals surface area contributed by atoms with Gasteiger partial charge in [-0.05, 0) is 38.2 Å². The van der Waals surface area contributed by atoms with E-state index in [2.05, 4.69) is 10.6 Å². The molecular weight excluding hydrogens is 344 g/mol. The first kappa shape index (κ1) is 19.8. The molecule has 0 unspecified atom stereocenters. The van der Waals surface area contributed by atoms with Crippen molar-refractivity contribution >= 4 is 11.8 Å². The molecule has 3 rings (SSSR count). The lowest BCUT2D eigenvalue weighted by Gasteiger charge is -2.37. The van der Waals surface area contributed by atoms with E-state index in [0.717, 1.165) is 31.2 Å². The lowest BCUT2D eigenvalue weighted by molar-refractivity contribution is -0.139. The first-order valence-corrected chi connectivity index (χ1v) is 9.97. The Labute approximate surface area is 160 Å². The number of rotatable bonds is 7. The van der Waals surface area contributed by atoms with Crippen molar-refractivity contribution < 1.29 is 19.4 Å². The number of hydrogen-bond acceptors (Lipinski definition) is 4. The van der Waals surface area contributed by atoms with Crippen molar-refractivity contribution in [3.8, 4) is 0 Å². The Hall–Kier alpha value is -1.92. The van der Waals surface area contributed by atoms with Crippen LogP contribution in [0.5, 0.6) is 0 Å². The van der Waals surface area contributed by atoms with Gasteiger partial charge in [0.2, 0.25) is 11.8 Å². The van der Waals surface area contributed by atoms with Gasteiger partial charge in [-0.2, -0.15) is 0 Å². The Morgan fingerprint density at radius 3 is 2.56 bits per heavy atom. The number of nitrogens with one attached hydrogen (secondary N) is 2. The zero-order valence-corrected chi connectivity index (χ0v) is 15.9. The summed E-state index contributed by atoms with van der Waals surface area (Å²) in [7, 11) is 0. The third kappa shape index (κ3) is 5.30. The summed E-state index contributed by atoms with van der Waals surface area (Å²) in [6, 6.07) is 9.58. The van der Waals surface area contributed by atoms with Crippen LogP contribution in [-0.2, 0) is 14.3 Å². The van der Waals surface area contributed by atoms with E-state index in [1.54, 1.807) is 0 Å². The number of benzene rings is 1. The summed E-state index contributed by atoms with van der Waals surface area (Å²) >= 11 is 0. The summed E-state index contributed by atoms with van der Waals surface area (Å²) in [6.45, 7) is 1.80. The molecule has 27 heavy (non-hydrogen) atoms. The monoisotopic (exact) mass is 374 g/mol. The van der Waals surface area contributed by atoms with Crippen LogP contribution in [0, 0.1) is 5.92 Å². The van der Waals surface area contributed by atoms with E-state index in [0.29, 0.717) is 6.42 Å². The van der Waals surface area contributed by atoms with Crippen molar-refractivity contribution in [3.63, 3.8) is 0 Å². The lowest BCUT2D eigenvalue weighted by Crippen LogP contribution is -2.53. The van der Waals surface area contributed by atoms with Crippen LogP contribution in [0.3, 0.4) is 0 Å². The van der Waals surface area contributed by atoms with Crippen molar-refractivity contribution in [2.75, 3.05) is 6.61 Å². The first-order chi connectivity index (χ1) is 13.1. The molecule has 1 aromatic rings. The number of aliphatic hydroxyl groups excluding tert-OH is 1. The highest BCUT2D eigenvalue weighted by Crippen LogP contribution is 2.28. The molecule has 0 radical (unpaired) electrons. The normalized spacial score (nSPS) is 26.7. The topological polar surface area (TPSA) is 87.7 Å². The molecule has 1 aliphatic heterocycles. The summed E-state index contributed by atoms with van der Waals surface area (Å²) in [5.41, 5.74) is 1.06. The predicted octanol–water partition coefficient (Wildman–Crippen LogP) is 2.08. The highest BCUT2D eigenvalue weighted by molar-refractivity contribution is 5.79. The van der Waals surface area contributed by atoms with E-state index in [1.165, 1.54) is 0 Å². The second kappa shape index (κ2) is 9.33. The fraction of sp³-hybridized carbons (Fsp3) is 0.619. The minimum atomic E-state index is -0.452. The number of aliphatic hydroxyl groups is 1. The van der Waals surface area contributed by atoms with Gasteiger partial charge in [0, 0.05) is 5.92 Å². The zero-order chi connectivity index (χ0) is 19.2. The predicted molar refractivity (Wildman–Crippen MR) is 102 cm³/mol. The average molecular weight is 374 g/mol. The van der Waals surface area contributed by atoms with Gasteiger partial charge in [-0.25, -0.2) is 0 Å². The first-order valence-electron chi connectivity index (χ1n) is 9.97. The Kier molecular flexibility index (Phi) is 6.85. The number of carbonyl (C=O) groups excluding carboxylic acids is 2. The molecule has 0 aromatic heterocycles. The Morgan fingerprint density at radius 1 is 1.19 bits per heavy atom. The lowest BCUT2D eigenvalue weighted by atomic mass is 9.84. The number of ether oxygens (including phenoxy) is 1. The fourth-order valence-electron chi connectivity index (χ4n) is 3.75.